The zero-order valence-corrected chi connectivity index (χ0v) is 12.2. The average molecular weight is 275 g/mol. The fraction of sp³-hybridized carbons (Fsp3) is 0.438. The van der Waals surface area contributed by atoms with Crippen LogP contribution in [0.4, 0.5) is 0 Å². The first-order valence-corrected chi connectivity index (χ1v) is 6.81. The van der Waals surface area contributed by atoms with Crippen LogP contribution >= 0.6 is 0 Å². The second-order valence-electron chi connectivity index (χ2n) is 5.19. The van der Waals surface area contributed by atoms with E-state index >= 15 is 0 Å². The van der Waals surface area contributed by atoms with Crippen molar-refractivity contribution in [3.8, 4) is 5.75 Å². The minimum atomic E-state index is -0.747. The number of aliphatic carboxylic acids is 1. The Morgan fingerprint density at radius 3 is 2.60 bits per heavy atom. The Labute approximate surface area is 119 Å². The first-order chi connectivity index (χ1) is 9.56. The molecule has 1 aliphatic heterocycles. The molecule has 20 heavy (non-hydrogen) atoms. The second kappa shape index (κ2) is 6.09. The molecule has 0 amide bonds. The first-order valence-electron chi connectivity index (χ1n) is 6.81. The Morgan fingerprint density at radius 1 is 1.45 bits per heavy atom. The van der Waals surface area contributed by atoms with Gasteiger partial charge in [0.1, 0.15) is 11.8 Å². The molecular formula is C16H21NO3. The van der Waals surface area contributed by atoms with Crippen LogP contribution in [0, 0.1) is 5.92 Å². The van der Waals surface area contributed by atoms with Crippen LogP contribution in [0.1, 0.15) is 19.4 Å². The van der Waals surface area contributed by atoms with Gasteiger partial charge in [0.05, 0.1) is 7.11 Å². The third-order valence-electron chi connectivity index (χ3n) is 4.01. The van der Waals surface area contributed by atoms with Gasteiger partial charge in [0.25, 0.3) is 0 Å². The zero-order chi connectivity index (χ0) is 14.7. The van der Waals surface area contributed by atoms with Crippen LogP contribution in [0.25, 0.3) is 0 Å². The molecule has 4 nitrogen and oxygen atoms in total. The highest BCUT2D eigenvalue weighted by Gasteiger charge is 2.39. The number of methoxy groups -OCH3 is 1. The summed E-state index contributed by atoms with van der Waals surface area (Å²) in [5, 5.41) is 9.44. The van der Waals surface area contributed by atoms with Gasteiger partial charge in [0, 0.05) is 19.0 Å². The third-order valence-corrected chi connectivity index (χ3v) is 4.01. The van der Waals surface area contributed by atoms with Gasteiger partial charge in [0.15, 0.2) is 0 Å². The van der Waals surface area contributed by atoms with E-state index in [1.807, 2.05) is 49.1 Å². The van der Waals surface area contributed by atoms with Crippen molar-refractivity contribution in [3.05, 3.63) is 41.5 Å². The van der Waals surface area contributed by atoms with E-state index in [-0.39, 0.29) is 5.92 Å². The normalized spacial score (nSPS) is 25.1. The molecule has 4 heteroatoms. The summed E-state index contributed by atoms with van der Waals surface area (Å²) in [6.07, 6.45) is 2.04. The monoisotopic (exact) mass is 275 g/mol. The van der Waals surface area contributed by atoms with Gasteiger partial charge in [-0.1, -0.05) is 30.7 Å². The molecule has 2 rings (SSSR count). The number of nitrogens with zero attached hydrogens (tertiary/aromatic N) is 1. The number of carbonyl (C=O) groups is 1. The van der Waals surface area contributed by atoms with Gasteiger partial charge in [0.2, 0.25) is 0 Å². The lowest BCUT2D eigenvalue weighted by Gasteiger charge is -2.22. The zero-order valence-electron chi connectivity index (χ0n) is 12.2. The van der Waals surface area contributed by atoms with E-state index in [9.17, 15) is 9.90 Å². The summed E-state index contributed by atoms with van der Waals surface area (Å²) in [4.78, 5) is 13.5. The lowest BCUT2D eigenvalue weighted by molar-refractivity contribution is -0.143. The number of rotatable bonds is 4. The SMILES string of the molecule is C/C=C1\CN(Cc2ccc(OC)cc2)[C@H](C(=O)O)[C@H]1C. The molecule has 1 saturated heterocycles. The Bertz CT molecular complexity index is 507. The van der Waals surface area contributed by atoms with Crippen molar-refractivity contribution in [3.63, 3.8) is 0 Å². The largest absolute Gasteiger partial charge is 0.497 e. The maximum Gasteiger partial charge on any atom is 0.321 e. The lowest BCUT2D eigenvalue weighted by Crippen LogP contribution is -2.38. The third kappa shape index (κ3) is 2.85. The van der Waals surface area contributed by atoms with Gasteiger partial charge >= 0.3 is 5.97 Å². The van der Waals surface area contributed by atoms with Crippen molar-refractivity contribution in [2.24, 2.45) is 5.92 Å². The van der Waals surface area contributed by atoms with Crippen LogP contribution < -0.4 is 4.74 Å². The summed E-state index contributed by atoms with van der Waals surface area (Å²) in [5.74, 6) is 0.131. The predicted octanol–water partition coefficient (Wildman–Crippen LogP) is 2.55. The molecular weight excluding hydrogens is 254 g/mol. The fourth-order valence-corrected chi connectivity index (χ4v) is 2.84. The van der Waals surface area contributed by atoms with Crippen LogP contribution in [0.2, 0.25) is 0 Å². The van der Waals surface area contributed by atoms with Gasteiger partial charge in [-0.25, -0.2) is 0 Å². The Morgan fingerprint density at radius 2 is 2.10 bits per heavy atom. The van der Waals surface area contributed by atoms with Crippen LogP contribution in [0.5, 0.6) is 5.75 Å². The molecule has 2 atom stereocenters. The number of benzene rings is 1. The average Bonchev–Trinajstić information content (AvgIpc) is 2.75. The molecule has 0 unspecified atom stereocenters. The second-order valence-corrected chi connectivity index (χ2v) is 5.19. The minimum absolute atomic E-state index is 0.0655. The first kappa shape index (κ1) is 14.6. The molecule has 0 bridgehead atoms. The lowest BCUT2D eigenvalue weighted by atomic mass is 9.98. The summed E-state index contributed by atoms with van der Waals surface area (Å²) in [6.45, 7) is 5.33. The summed E-state index contributed by atoms with van der Waals surface area (Å²) in [7, 11) is 1.63. The predicted molar refractivity (Wildman–Crippen MR) is 77.7 cm³/mol. The highest BCUT2D eigenvalue weighted by atomic mass is 16.5. The topological polar surface area (TPSA) is 49.8 Å². The van der Waals surface area contributed by atoms with Gasteiger partial charge < -0.3 is 9.84 Å². The molecule has 0 aromatic heterocycles. The maximum atomic E-state index is 11.5. The molecule has 1 fully saturated rings. The molecule has 1 N–H and O–H groups in total. The Kier molecular flexibility index (Phi) is 4.45. The summed E-state index contributed by atoms with van der Waals surface area (Å²) in [5.41, 5.74) is 2.30. The Hall–Kier alpha value is -1.81. The van der Waals surface area contributed by atoms with Gasteiger partial charge in [-0.2, -0.15) is 0 Å². The van der Waals surface area contributed by atoms with Crippen molar-refractivity contribution in [2.75, 3.05) is 13.7 Å². The van der Waals surface area contributed by atoms with E-state index < -0.39 is 12.0 Å². The van der Waals surface area contributed by atoms with Crippen LogP contribution in [-0.4, -0.2) is 35.7 Å². The molecule has 1 aliphatic rings. The molecule has 0 saturated carbocycles. The van der Waals surface area contributed by atoms with Crippen molar-refractivity contribution in [1.82, 2.24) is 4.90 Å². The quantitative estimate of drug-likeness (QED) is 0.858. The summed E-state index contributed by atoms with van der Waals surface area (Å²) < 4.78 is 5.13. The number of likely N-dealkylation sites (tertiary alicyclic amines) is 1. The molecule has 0 radical (unpaired) electrons. The molecule has 108 valence electrons. The maximum absolute atomic E-state index is 11.5. The standard InChI is InChI=1S/C16H21NO3/c1-4-13-10-17(15(11(13)2)16(18)19)9-12-5-7-14(20-3)8-6-12/h4-8,11,15H,9-10H2,1-3H3,(H,18,19)/b13-4+/t11-,15-/m0/s1. The van der Waals surface area contributed by atoms with Crippen LogP contribution in [-0.2, 0) is 11.3 Å². The summed E-state index contributed by atoms with van der Waals surface area (Å²) >= 11 is 0. The summed E-state index contributed by atoms with van der Waals surface area (Å²) in [6, 6.07) is 7.33. The van der Waals surface area contributed by atoms with E-state index in [2.05, 4.69) is 0 Å². The smallest absolute Gasteiger partial charge is 0.321 e. The Balaban J connectivity index is 2.16. The van der Waals surface area contributed by atoms with E-state index in [0.29, 0.717) is 6.54 Å². The van der Waals surface area contributed by atoms with E-state index in [1.165, 1.54) is 5.57 Å². The molecule has 1 aromatic carbocycles. The van der Waals surface area contributed by atoms with Crippen LogP contribution in [0.3, 0.4) is 0 Å². The highest BCUT2D eigenvalue weighted by Crippen LogP contribution is 2.30. The number of carboxylic acid groups (broad SMARTS) is 1. The van der Waals surface area contributed by atoms with E-state index in [0.717, 1.165) is 17.9 Å². The van der Waals surface area contributed by atoms with Gasteiger partial charge in [-0.05, 0) is 24.6 Å². The highest BCUT2D eigenvalue weighted by molar-refractivity contribution is 5.75. The number of allylic oxidation sites excluding steroid dienone is 1. The minimum Gasteiger partial charge on any atom is -0.497 e. The van der Waals surface area contributed by atoms with Crippen molar-refractivity contribution >= 4 is 5.97 Å². The molecule has 0 aliphatic carbocycles. The van der Waals surface area contributed by atoms with E-state index in [4.69, 9.17) is 4.74 Å². The molecule has 1 heterocycles. The van der Waals surface area contributed by atoms with Crippen molar-refractivity contribution in [1.29, 1.82) is 0 Å². The number of ether oxygens (including phenoxy) is 1. The van der Waals surface area contributed by atoms with Gasteiger partial charge in [-0.3, -0.25) is 9.69 Å². The van der Waals surface area contributed by atoms with E-state index in [1.54, 1.807) is 7.11 Å². The van der Waals surface area contributed by atoms with Crippen LogP contribution in [0.15, 0.2) is 35.9 Å². The molecule has 0 spiro atoms. The number of carboxylic acids is 1. The van der Waals surface area contributed by atoms with Gasteiger partial charge in [-0.15, -0.1) is 0 Å². The van der Waals surface area contributed by atoms with Crippen molar-refractivity contribution in [2.45, 2.75) is 26.4 Å². The fourth-order valence-electron chi connectivity index (χ4n) is 2.84. The number of hydrogen-bond acceptors (Lipinski definition) is 3. The molecule has 1 aromatic rings. The van der Waals surface area contributed by atoms with Crippen molar-refractivity contribution < 1.29 is 14.6 Å². The number of hydrogen-bond donors (Lipinski definition) is 1.